The lowest BCUT2D eigenvalue weighted by atomic mass is 9.70. The van der Waals surface area contributed by atoms with Gasteiger partial charge >= 0.3 is 6.08 Å². The number of nitrogen functional groups attached to an aromatic ring is 1. The van der Waals surface area contributed by atoms with Crippen LogP contribution in [0, 0.1) is 28.7 Å². The molecule has 7 nitrogen and oxygen atoms in total. The molecule has 1 aliphatic carbocycles. The maximum absolute atomic E-state index is 13.6. The van der Waals surface area contributed by atoms with Crippen molar-refractivity contribution in [3.8, 4) is 0 Å². The number of hydrogen-bond donors (Lipinski definition) is 1. The molecule has 0 bridgehead atoms. The van der Waals surface area contributed by atoms with Crippen LogP contribution in [0.2, 0.25) is 0 Å². The lowest BCUT2D eigenvalue weighted by Gasteiger charge is -2.41. The van der Waals surface area contributed by atoms with Gasteiger partial charge in [-0.15, -0.1) is 4.91 Å². The van der Waals surface area contributed by atoms with Gasteiger partial charge in [0.25, 0.3) is 0 Å². The Morgan fingerprint density at radius 2 is 2.12 bits per heavy atom. The summed E-state index contributed by atoms with van der Waals surface area (Å²) in [6.07, 6.45) is 8.61. The maximum atomic E-state index is 13.6. The maximum Gasteiger partial charge on any atom is 0.312 e. The molecular weight excluding hydrogens is 354 g/mol. The van der Waals surface area contributed by atoms with Crippen molar-refractivity contribution in [2.75, 3.05) is 18.6 Å². The molecule has 5 atom stereocenters. The Morgan fingerprint density at radius 1 is 1.38 bits per heavy atom. The van der Waals surface area contributed by atoms with Crippen LogP contribution in [-0.4, -0.2) is 38.6 Å². The first-order chi connectivity index (χ1) is 12.2. The largest absolute Gasteiger partial charge is 0.382 e. The predicted octanol–water partition coefficient (Wildman–Crippen LogP) is 3.92. The van der Waals surface area contributed by atoms with E-state index < -0.39 is 13.1 Å². The van der Waals surface area contributed by atoms with Gasteiger partial charge in [-0.25, -0.2) is 4.98 Å². The Balaban J connectivity index is 1.80. The van der Waals surface area contributed by atoms with Crippen LogP contribution < -0.4 is 5.73 Å². The molecule has 0 amide bonds. The van der Waals surface area contributed by atoms with Crippen LogP contribution in [0.1, 0.15) is 39.2 Å². The van der Waals surface area contributed by atoms with Crippen molar-refractivity contribution in [2.24, 2.45) is 22.7 Å². The number of anilines is 1. The molecule has 1 saturated carbocycles. The molecule has 2 aromatic heterocycles. The molecule has 2 aromatic rings. The van der Waals surface area contributed by atoms with E-state index in [1.165, 1.54) is 0 Å². The number of imidazole rings is 1. The van der Waals surface area contributed by atoms with Crippen molar-refractivity contribution in [2.45, 2.75) is 39.2 Å². The van der Waals surface area contributed by atoms with Crippen molar-refractivity contribution >= 4 is 30.3 Å². The van der Waals surface area contributed by atoms with E-state index in [1.807, 2.05) is 11.2 Å². The second-order valence-corrected chi connectivity index (χ2v) is 11.0. The van der Waals surface area contributed by atoms with Gasteiger partial charge in [-0.3, -0.25) is 0 Å². The SMILES string of the molecule is C=P(C)(CCC1CCC(n2cnc3c(N)nc(F)nc32)C(C)C1C)N=O. The van der Waals surface area contributed by atoms with Crippen LogP contribution in [0.3, 0.4) is 0 Å². The molecule has 0 aromatic carbocycles. The number of hydrogen-bond acceptors (Lipinski definition) is 6. The third kappa shape index (κ3) is 3.52. The quantitative estimate of drug-likeness (QED) is 0.481. The minimum absolute atomic E-state index is 0.0701. The zero-order chi connectivity index (χ0) is 19.1. The van der Waals surface area contributed by atoms with Gasteiger partial charge in [0.2, 0.25) is 0 Å². The second-order valence-electron chi connectivity index (χ2n) is 7.76. The fourth-order valence-corrected chi connectivity index (χ4v) is 5.10. The van der Waals surface area contributed by atoms with Crippen LogP contribution in [0.15, 0.2) is 11.3 Å². The lowest BCUT2D eigenvalue weighted by Crippen LogP contribution is -2.33. The highest BCUT2D eigenvalue weighted by Crippen LogP contribution is 2.48. The first-order valence-electron chi connectivity index (χ1n) is 8.94. The molecule has 3 rings (SSSR count). The molecule has 0 aliphatic heterocycles. The smallest absolute Gasteiger partial charge is 0.312 e. The number of fused-ring (bicyclic) bond motifs is 1. The number of aromatic nitrogens is 4. The van der Waals surface area contributed by atoms with Crippen molar-refractivity contribution in [3.63, 3.8) is 0 Å². The molecule has 0 radical (unpaired) electrons. The fourth-order valence-electron chi connectivity index (χ4n) is 4.13. The van der Waals surface area contributed by atoms with E-state index in [0.29, 0.717) is 28.9 Å². The van der Waals surface area contributed by atoms with Crippen molar-refractivity contribution in [1.82, 2.24) is 19.5 Å². The minimum atomic E-state index is -1.91. The summed E-state index contributed by atoms with van der Waals surface area (Å²) in [7, 11) is -1.91. The van der Waals surface area contributed by atoms with Crippen LogP contribution in [-0.2, 0) is 0 Å². The number of halogens is 1. The minimum Gasteiger partial charge on any atom is -0.382 e. The average Bonchev–Trinajstić information content (AvgIpc) is 3.00. The highest BCUT2D eigenvalue weighted by atomic mass is 31.2. The summed E-state index contributed by atoms with van der Waals surface area (Å²) in [5, 5.41) is 0. The van der Waals surface area contributed by atoms with Gasteiger partial charge < -0.3 is 10.3 Å². The van der Waals surface area contributed by atoms with Gasteiger partial charge in [0.05, 0.1) is 6.33 Å². The van der Waals surface area contributed by atoms with Gasteiger partial charge in [0, 0.05) is 13.1 Å². The van der Waals surface area contributed by atoms with E-state index in [1.54, 1.807) is 6.33 Å². The normalized spacial score (nSPS) is 28.8. The zero-order valence-corrected chi connectivity index (χ0v) is 16.4. The fraction of sp³-hybridized carbons (Fsp3) is 0.647. The molecule has 2 heterocycles. The Labute approximate surface area is 152 Å². The Morgan fingerprint density at radius 3 is 2.81 bits per heavy atom. The standard InChI is InChI=1S/C17H26FN6OP/c1-10-11(2)13(6-5-12(10)7-8-26(3,4)23-25)24-9-20-14-15(19)21-17(18)22-16(14)24/h9-13H,3,5-8H2,1-2,4H3,(H2,19,21,22). The summed E-state index contributed by atoms with van der Waals surface area (Å²) in [4.78, 5) is 25.9. The van der Waals surface area contributed by atoms with E-state index >= 15 is 0 Å². The first-order valence-corrected chi connectivity index (χ1v) is 11.5. The summed E-state index contributed by atoms with van der Waals surface area (Å²) < 4.78 is 15.6. The number of rotatable bonds is 5. The molecule has 1 fully saturated rings. The lowest BCUT2D eigenvalue weighted by molar-refractivity contribution is 0.119. The molecule has 0 spiro atoms. The number of nitrogens with zero attached hydrogens (tertiary/aromatic N) is 5. The van der Waals surface area contributed by atoms with Crippen LogP contribution >= 0.6 is 7.04 Å². The molecular formula is C17H26FN6OP. The highest BCUT2D eigenvalue weighted by molar-refractivity contribution is 7.71. The van der Waals surface area contributed by atoms with E-state index in [4.69, 9.17) is 5.73 Å². The molecule has 26 heavy (non-hydrogen) atoms. The first kappa shape index (κ1) is 19.0. The van der Waals surface area contributed by atoms with Gasteiger partial charge in [-0.2, -0.15) is 14.4 Å². The van der Waals surface area contributed by atoms with Crippen LogP contribution in [0.25, 0.3) is 11.2 Å². The van der Waals surface area contributed by atoms with Gasteiger partial charge in [0.1, 0.15) is 5.52 Å². The van der Waals surface area contributed by atoms with Crippen LogP contribution in [0.4, 0.5) is 10.2 Å². The van der Waals surface area contributed by atoms with Crippen molar-refractivity contribution < 1.29 is 4.39 Å². The van der Waals surface area contributed by atoms with E-state index in [0.717, 1.165) is 25.4 Å². The summed E-state index contributed by atoms with van der Waals surface area (Å²) >= 11 is 0. The summed E-state index contributed by atoms with van der Waals surface area (Å²) in [6.45, 7) is 6.35. The highest BCUT2D eigenvalue weighted by Gasteiger charge is 2.36. The summed E-state index contributed by atoms with van der Waals surface area (Å²) in [5.74, 6) is 1.43. The van der Waals surface area contributed by atoms with Gasteiger partial charge in [-0.05, 0) is 49.8 Å². The van der Waals surface area contributed by atoms with E-state index in [2.05, 4.69) is 40.0 Å². The van der Waals surface area contributed by atoms with Crippen molar-refractivity contribution in [1.29, 1.82) is 0 Å². The molecule has 0 saturated heterocycles. The number of nitrogens with two attached hydrogens (primary N) is 1. The predicted molar refractivity (Wildman–Crippen MR) is 105 cm³/mol. The Bertz CT molecular complexity index is 868. The third-order valence-electron chi connectivity index (χ3n) is 5.97. The number of nitroso groups, excluding NO2 is 1. The average molecular weight is 380 g/mol. The van der Waals surface area contributed by atoms with Gasteiger partial charge in [0.15, 0.2) is 11.5 Å². The zero-order valence-electron chi connectivity index (χ0n) is 15.5. The topological polar surface area (TPSA) is 99.1 Å². The molecule has 5 unspecified atom stereocenters. The van der Waals surface area contributed by atoms with Gasteiger partial charge in [-0.1, -0.05) is 25.1 Å². The molecule has 142 valence electrons. The van der Waals surface area contributed by atoms with Crippen LogP contribution in [0.5, 0.6) is 0 Å². The summed E-state index contributed by atoms with van der Waals surface area (Å²) in [6, 6.07) is 0.185. The Hall–Kier alpha value is -1.82. The third-order valence-corrected chi connectivity index (χ3v) is 7.59. The Kier molecular flexibility index (Phi) is 5.15. The molecule has 9 heteroatoms. The summed E-state index contributed by atoms with van der Waals surface area (Å²) in [5.41, 5.74) is 6.68. The van der Waals surface area contributed by atoms with Crippen molar-refractivity contribution in [3.05, 3.63) is 17.3 Å². The van der Waals surface area contributed by atoms with E-state index in [-0.39, 0.29) is 11.9 Å². The monoisotopic (exact) mass is 380 g/mol. The van der Waals surface area contributed by atoms with E-state index in [9.17, 15) is 9.30 Å². The molecule has 2 N–H and O–H groups in total. The molecule has 1 aliphatic rings. The second kappa shape index (κ2) is 7.06.